The van der Waals surface area contributed by atoms with E-state index < -0.39 is 0 Å². The molecule has 0 atom stereocenters. The second-order valence-electron chi connectivity index (χ2n) is 2.85. The molecule has 0 amide bonds. The molecule has 0 saturated heterocycles. The van der Waals surface area contributed by atoms with Gasteiger partial charge in [0, 0.05) is 25.2 Å². The Labute approximate surface area is 91.1 Å². The zero-order valence-corrected chi connectivity index (χ0v) is 11.7. The van der Waals surface area contributed by atoms with E-state index in [0.717, 1.165) is 0 Å². The molecule has 1 rings (SSSR count). The SMILES string of the molecule is Cc1ccc(N([Si][Si])[Si][Si])c(C)c1. The van der Waals surface area contributed by atoms with E-state index in [2.05, 4.69) is 55.8 Å². The Hall–Kier alpha value is -0.112. The minimum absolute atomic E-state index is 0.622. The zero-order chi connectivity index (χ0) is 9.84. The molecule has 10 radical (unpaired) electrons. The summed E-state index contributed by atoms with van der Waals surface area (Å²) in [6.45, 7) is 4.27. The van der Waals surface area contributed by atoms with Gasteiger partial charge in [0.05, 0.1) is 0 Å². The first-order chi connectivity index (χ1) is 6.19. The molecule has 0 N–H and O–H groups in total. The third-order valence-electron chi connectivity index (χ3n) is 1.82. The lowest BCUT2D eigenvalue weighted by molar-refractivity contribution is 1.36. The van der Waals surface area contributed by atoms with Gasteiger partial charge in [0.25, 0.3) is 0 Å². The summed E-state index contributed by atoms with van der Waals surface area (Å²) >= 11 is 0. The maximum absolute atomic E-state index is 3.54. The lowest BCUT2D eigenvalue weighted by Gasteiger charge is -2.22. The number of nitrogens with zero attached hydrogens (tertiary/aromatic N) is 1. The van der Waals surface area contributed by atoms with Crippen LogP contribution >= 0.6 is 0 Å². The molecule has 0 aliphatic rings. The number of rotatable bonds is 3. The van der Waals surface area contributed by atoms with E-state index in [1.165, 1.54) is 16.8 Å². The Morgan fingerprint density at radius 3 is 2.23 bits per heavy atom. The molecule has 13 heavy (non-hydrogen) atoms. The van der Waals surface area contributed by atoms with E-state index in [-0.39, 0.29) is 0 Å². The van der Waals surface area contributed by atoms with Crippen LogP contribution in [-0.2, 0) is 0 Å². The van der Waals surface area contributed by atoms with Gasteiger partial charge in [0.15, 0.2) is 0 Å². The monoisotopic (exact) mass is 231 g/mol. The van der Waals surface area contributed by atoms with Crippen LogP contribution in [-0.4, -0.2) is 37.9 Å². The van der Waals surface area contributed by atoms with Crippen molar-refractivity contribution in [3.63, 3.8) is 0 Å². The molecule has 0 fully saturated rings. The third kappa shape index (κ3) is 2.66. The van der Waals surface area contributed by atoms with Crippen molar-refractivity contribution in [2.45, 2.75) is 13.8 Å². The minimum atomic E-state index is 0.622. The normalized spacial score (nSPS) is 10.2. The molecular weight excluding hydrogens is 222 g/mol. The van der Waals surface area contributed by atoms with Crippen molar-refractivity contribution in [3.05, 3.63) is 29.3 Å². The fraction of sp³-hybridized carbons (Fsp3) is 0.250. The van der Waals surface area contributed by atoms with Crippen LogP contribution in [0.1, 0.15) is 11.1 Å². The molecule has 0 saturated carbocycles. The number of aryl methyl sites for hydroxylation is 2. The van der Waals surface area contributed by atoms with Crippen LogP contribution in [0.25, 0.3) is 0 Å². The number of hydrogen-bond acceptors (Lipinski definition) is 1. The molecule has 5 heteroatoms. The van der Waals surface area contributed by atoms with Crippen molar-refractivity contribution in [2.75, 3.05) is 4.23 Å². The summed E-state index contributed by atoms with van der Waals surface area (Å²) in [5.74, 6) is 0. The number of hydrogen-bond donors (Lipinski definition) is 0. The van der Waals surface area contributed by atoms with E-state index in [1.54, 1.807) is 0 Å². The van der Waals surface area contributed by atoms with Crippen molar-refractivity contribution in [2.24, 2.45) is 0 Å². The van der Waals surface area contributed by atoms with E-state index in [0.29, 0.717) is 18.4 Å². The topological polar surface area (TPSA) is 3.24 Å². The summed E-state index contributed by atoms with van der Waals surface area (Å²) in [4.78, 5) is 0. The van der Waals surface area contributed by atoms with Gasteiger partial charge >= 0.3 is 0 Å². The largest absolute Gasteiger partial charge is 0.432 e. The van der Waals surface area contributed by atoms with Gasteiger partial charge in [-0.05, 0) is 25.5 Å². The fourth-order valence-corrected chi connectivity index (χ4v) is 4.91. The molecule has 0 spiro atoms. The van der Waals surface area contributed by atoms with Crippen molar-refractivity contribution >= 4 is 43.6 Å². The summed E-state index contributed by atoms with van der Waals surface area (Å²) < 4.78 is 2.27. The van der Waals surface area contributed by atoms with Gasteiger partial charge < -0.3 is 4.23 Å². The van der Waals surface area contributed by atoms with Crippen LogP contribution < -0.4 is 4.23 Å². The highest BCUT2D eigenvalue weighted by Crippen LogP contribution is 2.18. The molecule has 0 aliphatic carbocycles. The molecular formula is C8H9NSi4. The second-order valence-corrected chi connectivity index (χ2v) is 5.98. The van der Waals surface area contributed by atoms with Crippen molar-refractivity contribution in [3.8, 4) is 0 Å². The van der Waals surface area contributed by atoms with Gasteiger partial charge in [-0.25, -0.2) is 0 Å². The Morgan fingerprint density at radius 1 is 1.15 bits per heavy atom. The lowest BCUT2D eigenvalue weighted by Crippen LogP contribution is -2.32. The van der Waals surface area contributed by atoms with Crippen LogP contribution in [0.4, 0.5) is 5.69 Å². The molecule has 0 unspecified atom stereocenters. The van der Waals surface area contributed by atoms with Gasteiger partial charge in [0.2, 0.25) is 0 Å². The van der Waals surface area contributed by atoms with Crippen molar-refractivity contribution < 1.29 is 0 Å². The molecule has 0 aromatic heterocycles. The Balaban J connectivity index is 2.99. The first kappa shape index (κ1) is 11.0. The van der Waals surface area contributed by atoms with Crippen LogP contribution in [0, 0.1) is 13.8 Å². The highest BCUT2D eigenvalue weighted by Gasteiger charge is 2.05. The van der Waals surface area contributed by atoms with Gasteiger partial charge in [0.1, 0.15) is 18.4 Å². The molecule has 1 nitrogen and oxygen atoms in total. The Kier molecular flexibility index (Phi) is 4.17. The molecule has 1 aromatic carbocycles. The van der Waals surface area contributed by atoms with Gasteiger partial charge in [-0.3, -0.25) is 0 Å². The van der Waals surface area contributed by atoms with Gasteiger partial charge in [-0.2, -0.15) is 0 Å². The summed E-state index contributed by atoms with van der Waals surface area (Å²) in [5, 5.41) is 0. The van der Waals surface area contributed by atoms with Gasteiger partial charge in [-0.15, -0.1) is 0 Å². The predicted octanol–water partition coefficient (Wildman–Crippen LogP) is 0.515. The summed E-state index contributed by atoms with van der Waals surface area (Å²) in [7, 11) is 8.33. The molecule has 0 aliphatic heterocycles. The first-order valence-corrected chi connectivity index (χ1v) is 8.80. The van der Waals surface area contributed by atoms with Crippen LogP contribution in [0.5, 0.6) is 0 Å². The standard InChI is InChI=1S/C8H9NSi4/c1-6-3-4-8(7(2)5-6)9(12-10)13-11/h3-5H,1-2H3. The maximum Gasteiger partial charge on any atom is 0.143 e. The highest BCUT2D eigenvalue weighted by atomic mass is 29.2. The average molecular weight is 232 g/mol. The predicted molar refractivity (Wildman–Crippen MR) is 61.4 cm³/mol. The minimum Gasteiger partial charge on any atom is -0.432 e. The Bertz CT molecular complexity index is 285. The van der Waals surface area contributed by atoms with E-state index in [1.807, 2.05) is 0 Å². The highest BCUT2D eigenvalue weighted by molar-refractivity contribution is 7.05. The maximum atomic E-state index is 3.54. The fourth-order valence-electron chi connectivity index (χ4n) is 1.20. The quantitative estimate of drug-likeness (QED) is 0.686. The first-order valence-electron chi connectivity index (χ1n) is 3.91. The van der Waals surface area contributed by atoms with E-state index in [9.17, 15) is 0 Å². The lowest BCUT2D eigenvalue weighted by atomic mass is 10.1. The third-order valence-corrected chi connectivity index (χ3v) is 6.10. The molecule has 1 aromatic rings. The van der Waals surface area contributed by atoms with Gasteiger partial charge in [-0.1, -0.05) is 17.7 Å². The van der Waals surface area contributed by atoms with Crippen molar-refractivity contribution in [1.29, 1.82) is 0 Å². The molecule has 62 valence electrons. The summed E-state index contributed by atoms with van der Waals surface area (Å²) in [5.41, 5.74) is 3.94. The van der Waals surface area contributed by atoms with Crippen LogP contribution in [0.2, 0.25) is 0 Å². The smallest absolute Gasteiger partial charge is 0.143 e. The average Bonchev–Trinajstić information content (AvgIpc) is 2.10. The zero-order valence-electron chi connectivity index (χ0n) is 7.68. The number of anilines is 1. The van der Waals surface area contributed by atoms with Crippen LogP contribution in [0.3, 0.4) is 0 Å². The summed E-state index contributed by atoms with van der Waals surface area (Å²) in [6.07, 6.45) is 0. The second kappa shape index (κ2) is 4.94. The molecule has 0 heterocycles. The summed E-state index contributed by atoms with van der Waals surface area (Å²) in [6, 6.07) is 6.53. The van der Waals surface area contributed by atoms with Crippen LogP contribution in [0.15, 0.2) is 18.2 Å². The van der Waals surface area contributed by atoms with E-state index in [4.69, 9.17) is 0 Å². The Morgan fingerprint density at radius 2 is 1.77 bits per heavy atom. The number of benzene rings is 1. The molecule has 0 bridgehead atoms. The van der Waals surface area contributed by atoms with E-state index >= 15 is 0 Å². The van der Waals surface area contributed by atoms with Crippen molar-refractivity contribution in [1.82, 2.24) is 0 Å².